The molecule has 0 bridgehead atoms. The van der Waals surface area contributed by atoms with E-state index in [4.69, 9.17) is 0 Å². The maximum atomic E-state index is 13.1. The van der Waals surface area contributed by atoms with Crippen LogP contribution < -0.4 is 10.6 Å². The Morgan fingerprint density at radius 1 is 0.837 bits per heavy atom. The van der Waals surface area contributed by atoms with Crippen LogP contribution in [-0.4, -0.2) is 84.7 Å². The van der Waals surface area contributed by atoms with Crippen LogP contribution in [0.4, 0.5) is 16.3 Å². The molecule has 0 aliphatic heterocycles. The van der Waals surface area contributed by atoms with Crippen LogP contribution in [0, 0.1) is 5.82 Å². The molecular weight excluding hydrogens is 581 g/mol. The van der Waals surface area contributed by atoms with Crippen molar-refractivity contribution in [2.24, 2.45) is 0 Å². The molecule has 0 radical (unpaired) electrons. The van der Waals surface area contributed by atoms with Crippen LogP contribution in [0.3, 0.4) is 0 Å². The standard InChI is InChI=1S/C15H12FN5O.C11H14N6O3S/c16-11-5-3-4-10(8-11)9-13(22)18-15-19-14(20-21-15)12-6-1-2-7-17-12;1-17(21(2,19)20)7-9(18)13-11-14-10(15-16-11)8-5-3-4-6-12-8/h1-8H,9H2,(H2,18,19,20,21,22);3-6H,7H2,1-2H3,(H2,13,14,15,16,18). The van der Waals surface area contributed by atoms with E-state index in [-0.39, 0.29) is 36.6 Å². The monoisotopic (exact) mass is 607 g/mol. The lowest BCUT2D eigenvalue weighted by Gasteiger charge is -2.12. The zero-order chi connectivity index (χ0) is 30.8. The van der Waals surface area contributed by atoms with Gasteiger partial charge in [0.25, 0.3) is 0 Å². The summed E-state index contributed by atoms with van der Waals surface area (Å²) in [5.74, 6) is -0.152. The number of sulfonamides is 1. The average Bonchev–Trinajstić information content (AvgIpc) is 3.64. The van der Waals surface area contributed by atoms with Crippen molar-refractivity contribution in [1.29, 1.82) is 0 Å². The van der Waals surface area contributed by atoms with Crippen molar-refractivity contribution in [1.82, 2.24) is 44.6 Å². The van der Waals surface area contributed by atoms with E-state index in [1.165, 1.54) is 19.2 Å². The lowest BCUT2D eigenvalue weighted by Crippen LogP contribution is -2.34. The lowest BCUT2D eigenvalue weighted by molar-refractivity contribution is -0.116. The van der Waals surface area contributed by atoms with Crippen molar-refractivity contribution in [2.45, 2.75) is 6.42 Å². The second kappa shape index (κ2) is 14.0. The van der Waals surface area contributed by atoms with Crippen LogP contribution >= 0.6 is 0 Å². The van der Waals surface area contributed by atoms with Gasteiger partial charge in [-0.1, -0.05) is 24.3 Å². The minimum atomic E-state index is -3.41. The van der Waals surface area contributed by atoms with Gasteiger partial charge in [0, 0.05) is 19.4 Å². The number of pyridine rings is 2. The quantitative estimate of drug-likeness (QED) is 0.191. The maximum Gasteiger partial charge on any atom is 0.249 e. The highest BCUT2D eigenvalue weighted by atomic mass is 32.2. The van der Waals surface area contributed by atoms with Crippen molar-refractivity contribution < 1.29 is 22.4 Å². The number of hydrogen-bond acceptors (Lipinski definition) is 10. The second-order valence-corrected chi connectivity index (χ2v) is 11.0. The summed E-state index contributed by atoms with van der Waals surface area (Å²) in [6.45, 7) is -0.313. The molecule has 0 unspecified atom stereocenters. The van der Waals surface area contributed by atoms with Crippen molar-refractivity contribution >= 4 is 33.7 Å². The first-order valence-electron chi connectivity index (χ1n) is 12.5. The molecule has 4 N–H and O–H groups in total. The molecule has 1 aromatic carbocycles. The van der Waals surface area contributed by atoms with Crippen molar-refractivity contribution in [3.05, 3.63) is 84.4 Å². The molecule has 43 heavy (non-hydrogen) atoms. The lowest BCUT2D eigenvalue weighted by atomic mass is 10.1. The zero-order valence-electron chi connectivity index (χ0n) is 22.9. The number of amides is 2. The van der Waals surface area contributed by atoms with Crippen LogP contribution in [0.25, 0.3) is 23.0 Å². The van der Waals surface area contributed by atoms with E-state index in [2.05, 4.69) is 51.0 Å². The number of H-pyrrole nitrogens is 2. The Bertz CT molecular complexity index is 1780. The molecule has 4 heterocycles. The van der Waals surface area contributed by atoms with Gasteiger partial charge in [-0.2, -0.15) is 14.3 Å². The van der Waals surface area contributed by atoms with Crippen LogP contribution in [0.15, 0.2) is 73.1 Å². The minimum Gasteiger partial charge on any atom is -0.293 e. The number of carbonyl (C=O) groups excluding carboxylic acids is 2. The summed E-state index contributed by atoms with van der Waals surface area (Å²) in [6, 6.07) is 16.6. The van der Waals surface area contributed by atoms with Gasteiger partial charge in [-0.3, -0.25) is 40.4 Å². The average molecular weight is 608 g/mol. The van der Waals surface area contributed by atoms with Crippen LogP contribution in [-0.2, 0) is 26.0 Å². The number of anilines is 2. The minimum absolute atomic E-state index is 0.0468. The van der Waals surface area contributed by atoms with Gasteiger partial charge in [-0.15, -0.1) is 10.2 Å². The third-order valence-corrected chi connectivity index (χ3v) is 6.74. The van der Waals surface area contributed by atoms with Gasteiger partial charge in [-0.25, -0.2) is 12.8 Å². The normalized spacial score (nSPS) is 11.0. The maximum absolute atomic E-state index is 13.1. The van der Waals surface area contributed by atoms with E-state index in [0.717, 1.165) is 10.6 Å². The molecule has 0 aliphatic carbocycles. The summed E-state index contributed by atoms with van der Waals surface area (Å²) in [4.78, 5) is 40.0. The number of benzene rings is 1. The van der Waals surface area contributed by atoms with E-state index >= 15 is 0 Å². The Morgan fingerprint density at radius 2 is 1.40 bits per heavy atom. The number of aromatic nitrogens is 8. The van der Waals surface area contributed by atoms with Gasteiger partial charge in [0.2, 0.25) is 33.7 Å². The largest absolute Gasteiger partial charge is 0.293 e. The van der Waals surface area contributed by atoms with Gasteiger partial charge < -0.3 is 0 Å². The molecule has 17 heteroatoms. The van der Waals surface area contributed by atoms with Gasteiger partial charge in [0.1, 0.15) is 17.2 Å². The molecular formula is C26H26FN11O4S. The SMILES string of the molecule is CN(CC(=O)Nc1n[nH]c(-c2ccccn2)n1)S(C)(=O)=O.O=C(Cc1cccc(F)c1)Nc1n[nH]c(-c2ccccn2)n1. The summed E-state index contributed by atoms with van der Waals surface area (Å²) in [5.41, 5.74) is 1.79. The topological polar surface area (TPSA) is 204 Å². The third kappa shape index (κ3) is 9.30. The highest BCUT2D eigenvalue weighted by Gasteiger charge is 2.17. The number of hydrogen-bond donors (Lipinski definition) is 4. The molecule has 4 aromatic heterocycles. The van der Waals surface area contributed by atoms with Crippen LogP contribution in [0.5, 0.6) is 0 Å². The Labute approximate surface area is 245 Å². The molecule has 2 amide bonds. The van der Waals surface area contributed by atoms with E-state index in [9.17, 15) is 22.4 Å². The van der Waals surface area contributed by atoms with Gasteiger partial charge in [-0.05, 0) is 42.0 Å². The zero-order valence-corrected chi connectivity index (χ0v) is 23.7. The van der Waals surface area contributed by atoms with E-state index in [1.807, 2.05) is 6.07 Å². The molecule has 5 aromatic rings. The first kappa shape index (κ1) is 30.5. The number of carbonyl (C=O) groups is 2. The van der Waals surface area contributed by atoms with E-state index < -0.39 is 15.9 Å². The molecule has 5 rings (SSSR count). The Hall–Kier alpha value is -5.42. The molecule has 0 atom stereocenters. The highest BCUT2D eigenvalue weighted by Crippen LogP contribution is 2.13. The summed E-state index contributed by atoms with van der Waals surface area (Å²) < 4.78 is 36.4. The number of halogens is 1. The fourth-order valence-corrected chi connectivity index (χ4v) is 3.71. The van der Waals surface area contributed by atoms with Gasteiger partial charge >= 0.3 is 0 Å². The first-order valence-corrected chi connectivity index (χ1v) is 14.3. The third-order valence-electron chi connectivity index (χ3n) is 5.47. The first-order chi connectivity index (χ1) is 20.6. The smallest absolute Gasteiger partial charge is 0.249 e. The molecule has 222 valence electrons. The fourth-order valence-electron chi connectivity index (χ4n) is 3.36. The number of aromatic amines is 2. The fraction of sp³-hybridized carbons (Fsp3) is 0.154. The second-order valence-electron chi connectivity index (χ2n) is 8.87. The number of likely N-dealkylation sites (N-methyl/N-ethyl adjacent to an activating group) is 1. The van der Waals surface area contributed by atoms with Gasteiger partial charge in [0.05, 0.1) is 19.2 Å². The Morgan fingerprint density at radius 3 is 1.88 bits per heavy atom. The molecule has 0 aliphatic rings. The number of rotatable bonds is 9. The predicted molar refractivity (Wildman–Crippen MR) is 154 cm³/mol. The highest BCUT2D eigenvalue weighted by molar-refractivity contribution is 7.88. The Kier molecular flexibility index (Phi) is 9.92. The molecule has 15 nitrogen and oxygen atoms in total. The van der Waals surface area contributed by atoms with Crippen molar-refractivity contribution in [3.8, 4) is 23.0 Å². The van der Waals surface area contributed by atoms with E-state index in [1.54, 1.807) is 54.9 Å². The number of nitrogens with one attached hydrogen (secondary N) is 4. The summed E-state index contributed by atoms with van der Waals surface area (Å²) >= 11 is 0. The molecule has 0 saturated carbocycles. The van der Waals surface area contributed by atoms with Crippen molar-refractivity contribution in [2.75, 3.05) is 30.5 Å². The summed E-state index contributed by atoms with van der Waals surface area (Å²) in [5, 5.41) is 18.0. The van der Waals surface area contributed by atoms with E-state index in [0.29, 0.717) is 28.6 Å². The van der Waals surface area contributed by atoms with Gasteiger partial charge in [0.15, 0.2) is 11.6 Å². The summed E-state index contributed by atoms with van der Waals surface area (Å²) in [6.07, 6.45) is 4.31. The molecule has 0 spiro atoms. The Balaban J connectivity index is 0.000000197. The molecule has 0 fully saturated rings. The summed E-state index contributed by atoms with van der Waals surface area (Å²) in [7, 11) is -2.10. The van der Waals surface area contributed by atoms with Crippen LogP contribution in [0.2, 0.25) is 0 Å². The molecule has 0 saturated heterocycles. The van der Waals surface area contributed by atoms with Crippen molar-refractivity contribution in [3.63, 3.8) is 0 Å². The predicted octanol–water partition coefficient (Wildman–Crippen LogP) is 1.88. The van der Waals surface area contributed by atoms with Crippen LogP contribution in [0.1, 0.15) is 5.56 Å². The number of nitrogens with zero attached hydrogens (tertiary/aromatic N) is 7.